The Morgan fingerprint density at radius 1 is 1.40 bits per heavy atom. The number of thiocarbonyl (C=S) groups is 1. The third-order valence-corrected chi connectivity index (χ3v) is 1.91. The summed E-state index contributed by atoms with van der Waals surface area (Å²) in [6.45, 7) is 3.81. The highest BCUT2D eigenvalue weighted by atomic mass is 32.1. The van der Waals surface area contributed by atoms with Crippen molar-refractivity contribution in [2.45, 2.75) is 12.8 Å². The quantitative estimate of drug-likeness (QED) is 0.462. The van der Waals surface area contributed by atoms with E-state index in [1.165, 1.54) is 0 Å². The van der Waals surface area contributed by atoms with Crippen molar-refractivity contribution in [3.8, 4) is 0 Å². The van der Waals surface area contributed by atoms with Gasteiger partial charge in [-0.05, 0) is 30.6 Å². The monoisotopic (exact) mass is 220 g/mol. The third kappa shape index (κ3) is 4.08. The lowest BCUT2D eigenvalue weighted by Crippen LogP contribution is -2.25. The number of nitrogens with two attached hydrogens (primary N) is 1. The molecule has 0 bridgehead atoms. The van der Waals surface area contributed by atoms with E-state index < -0.39 is 0 Å². The Morgan fingerprint density at radius 3 is 2.60 bits per heavy atom. The summed E-state index contributed by atoms with van der Waals surface area (Å²) in [6.07, 6.45) is 1.58. The van der Waals surface area contributed by atoms with Crippen LogP contribution in [0.4, 0.5) is 0 Å². The SMILES string of the molecule is [CH2]CCC(=NNC(N)=S)c1ccccc1. The zero-order valence-electron chi connectivity index (χ0n) is 8.44. The maximum absolute atomic E-state index is 5.31. The maximum atomic E-state index is 5.31. The smallest absolute Gasteiger partial charge is 0.184 e. The Kier molecular flexibility index (Phi) is 4.77. The summed E-state index contributed by atoms with van der Waals surface area (Å²) in [6, 6.07) is 9.89. The molecule has 0 aliphatic heterocycles. The Labute approximate surface area is 95.4 Å². The lowest BCUT2D eigenvalue weighted by atomic mass is 10.1. The molecule has 0 heterocycles. The van der Waals surface area contributed by atoms with Crippen molar-refractivity contribution in [2.24, 2.45) is 10.8 Å². The van der Waals surface area contributed by atoms with Crippen molar-refractivity contribution in [2.75, 3.05) is 0 Å². The molecule has 79 valence electrons. The molecule has 0 fully saturated rings. The number of nitrogens with zero attached hydrogens (tertiary/aromatic N) is 1. The normalized spacial score (nSPS) is 11.1. The van der Waals surface area contributed by atoms with Crippen LogP contribution in [-0.2, 0) is 0 Å². The van der Waals surface area contributed by atoms with Crippen LogP contribution in [0.3, 0.4) is 0 Å². The van der Waals surface area contributed by atoms with Gasteiger partial charge < -0.3 is 5.73 Å². The topological polar surface area (TPSA) is 50.4 Å². The highest BCUT2D eigenvalue weighted by molar-refractivity contribution is 7.80. The van der Waals surface area contributed by atoms with Crippen molar-refractivity contribution in [3.63, 3.8) is 0 Å². The van der Waals surface area contributed by atoms with E-state index in [9.17, 15) is 0 Å². The largest absolute Gasteiger partial charge is 0.375 e. The Morgan fingerprint density at radius 2 is 2.07 bits per heavy atom. The Bertz CT molecular complexity index is 346. The van der Waals surface area contributed by atoms with E-state index in [0.29, 0.717) is 0 Å². The van der Waals surface area contributed by atoms with Gasteiger partial charge in [0, 0.05) is 0 Å². The van der Waals surface area contributed by atoms with Crippen LogP contribution < -0.4 is 11.2 Å². The first kappa shape index (κ1) is 11.7. The Hall–Kier alpha value is -1.42. The first-order chi connectivity index (χ1) is 7.24. The predicted molar refractivity (Wildman–Crippen MR) is 67.5 cm³/mol. The van der Waals surface area contributed by atoms with E-state index in [0.717, 1.165) is 24.1 Å². The molecule has 3 nitrogen and oxygen atoms in total. The number of rotatable bonds is 4. The van der Waals surface area contributed by atoms with Crippen molar-refractivity contribution >= 4 is 23.0 Å². The predicted octanol–water partition coefficient (Wildman–Crippen LogP) is 1.84. The van der Waals surface area contributed by atoms with Crippen molar-refractivity contribution in [3.05, 3.63) is 42.8 Å². The van der Waals surface area contributed by atoms with Crippen LogP contribution >= 0.6 is 12.2 Å². The lowest BCUT2D eigenvalue weighted by molar-refractivity contribution is 0.990. The minimum atomic E-state index is 0.174. The highest BCUT2D eigenvalue weighted by Gasteiger charge is 2.01. The molecule has 0 spiro atoms. The summed E-state index contributed by atoms with van der Waals surface area (Å²) in [4.78, 5) is 0. The molecule has 1 radical (unpaired) electrons. The molecule has 1 rings (SSSR count). The van der Waals surface area contributed by atoms with Crippen molar-refractivity contribution in [1.29, 1.82) is 0 Å². The molecule has 0 aliphatic rings. The molecule has 0 atom stereocenters. The summed E-state index contributed by atoms with van der Waals surface area (Å²) in [5.74, 6) is 0. The van der Waals surface area contributed by atoms with Gasteiger partial charge in [0.25, 0.3) is 0 Å². The van der Waals surface area contributed by atoms with Gasteiger partial charge >= 0.3 is 0 Å². The fraction of sp³-hybridized carbons (Fsp3) is 0.182. The van der Waals surface area contributed by atoms with Gasteiger partial charge in [0.2, 0.25) is 0 Å². The van der Waals surface area contributed by atoms with Crippen LogP contribution in [0.2, 0.25) is 0 Å². The first-order valence-electron chi connectivity index (χ1n) is 4.70. The lowest BCUT2D eigenvalue weighted by Gasteiger charge is -2.05. The van der Waals surface area contributed by atoms with Gasteiger partial charge in [-0.1, -0.05) is 37.3 Å². The zero-order chi connectivity index (χ0) is 11.1. The fourth-order valence-electron chi connectivity index (χ4n) is 1.19. The molecule has 0 aromatic heterocycles. The van der Waals surface area contributed by atoms with Crippen LogP contribution in [-0.4, -0.2) is 10.8 Å². The maximum Gasteiger partial charge on any atom is 0.184 e. The number of hydrazone groups is 1. The van der Waals surface area contributed by atoms with Gasteiger partial charge in [-0.3, -0.25) is 5.43 Å². The molecule has 1 aromatic carbocycles. The van der Waals surface area contributed by atoms with E-state index in [4.69, 9.17) is 18.0 Å². The number of hydrogen-bond donors (Lipinski definition) is 2. The van der Waals surface area contributed by atoms with Crippen LogP contribution in [0.15, 0.2) is 35.4 Å². The second-order valence-electron chi connectivity index (χ2n) is 3.00. The molecular weight excluding hydrogens is 206 g/mol. The summed E-state index contributed by atoms with van der Waals surface area (Å²) in [5, 5.41) is 4.32. The molecule has 0 amide bonds. The molecule has 0 unspecified atom stereocenters. The van der Waals surface area contributed by atoms with Gasteiger partial charge in [0.1, 0.15) is 0 Å². The van der Waals surface area contributed by atoms with Crippen LogP contribution in [0.25, 0.3) is 0 Å². The number of nitrogens with one attached hydrogen (secondary N) is 1. The second-order valence-corrected chi connectivity index (χ2v) is 3.44. The molecule has 0 saturated heterocycles. The van der Waals surface area contributed by atoms with E-state index in [-0.39, 0.29) is 5.11 Å². The standard InChI is InChI=1S/C11H14N3S/c1-2-6-10(13-14-11(12)15)9-7-4-3-5-8-9/h3-5,7-8H,1-2,6H2,(H3,12,14,15). The van der Waals surface area contributed by atoms with Crippen molar-refractivity contribution in [1.82, 2.24) is 5.43 Å². The summed E-state index contributed by atoms with van der Waals surface area (Å²) in [5.41, 5.74) is 9.89. The summed E-state index contributed by atoms with van der Waals surface area (Å²) >= 11 is 4.69. The van der Waals surface area contributed by atoms with Gasteiger partial charge in [-0.15, -0.1) is 0 Å². The highest BCUT2D eigenvalue weighted by Crippen LogP contribution is 2.05. The van der Waals surface area contributed by atoms with Crippen molar-refractivity contribution < 1.29 is 0 Å². The van der Waals surface area contributed by atoms with E-state index in [2.05, 4.69) is 17.5 Å². The van der Waals surface area contributed by atoms with Crippen LogP contribution in [0, 0.1) is 6.92 Å². The van der Waals surface area contributed by atoms with Gasteiger partial charge in [-0.25, -0.2) is 0 Å². The average molecular weight is 220 g/mol. The van der Waals surface area contributed by atoms with Gasteiger partial charge in [0.15, 0.2) is 5.11 Å². The molecule has 15 heavy (non-hydrogen) atoms. The number of benzene rings is 1. The molecule has 1 aromatic rings. The third-order valence-electron chi connectivity index (χ3n) is 1.82. The van der Waals surface area contributed by atoms with E-state index in [1.54, 1.807) is 0 Å². The molecule has 4 heteroatoms. The molecule has 3 N–H and O–H groups in total. The molecular formula is C11H14N3S. The van der Waals surface area contributed by atoms with E-state index >= 15 is 0 Å². The van der Waals surface area contributed by atoms with Crippen LogP contribution in [0.1, 0.15) is 18.4 Å². The average Bonchev–Trinajstić information content (AvgIpc) is 2.25. The molecule has 0 aliphatic carbocycles. The number of hydrogen-bond acceptors (Lipinski definition) is 2. The van der Waals surface area contributed by atoms with Gasteiger partial charge in [0.05, 0.1) is 5.71 Å². The first-order valence-corrected chi connectivity index (χ1v) is 5.11. The Balaban J connectivity index is 2.83. The summed E-state index contributed by atoms with van der Waals surface area (Å²) in [7, 11) is 0. The zero-order valence-corrected chi connectivity index (χ0v) is 9.26. The summed E-state index contributed by atoms with van der Waals surface area (Å²) < 4.78 is 0. The second kappa shape index (κ2) is 6.14. The van der Waals surface area contributed by atoms with Crippen LogP contribution in [0.5, 0.6) is 0 Å². The van der Waals surface area contributed by atoms with Gasteiger partial charge in [-0.2, -0.15) is 5.10 Å². The minimum Gasteiger partial charge on any atom is -0.375 e. The van der Waals surface area contributed by atoms with E-state index in [1.807, 2.05) is 30.3 Å². The fourth-order valence-corrected chi connectivity index (χ4v) is 1.23. The molecule has 0 saturated carbocycles. The minimum absolute atomic E-state index is 0.174.